The van der Waals surface area contributed by atoms with Crippen LogP contribution in [0.2, 0.25) is 0 Å². The number of hydrogen-bond acceptors (Lipinski definition) is 10. The van der Waals surface area contributed by atoms with Gasteiger partial charge in [0.15, 0.2) is 0 Å². The second-order valence-electron chi connectivity index (χ2n) is 9.62. The first kappa shape index (κ1) is 31.2. The van der Waals surface area contributed by atoms with Crippen molar-refractivity contribution < 1.29 is 17.9 Å². The maximum Gasteiger partial charge on any atom is 0.248 e. The van der Waals surface area contributed by atoms with Gasteiger partial charge in [-0.15, -0.1) is 0 Å². The Hall–Kier alpha value is -4.36. The Balaban J connectivity index is 1.93. The molecule has 0 aliphatic rings. The number of anilines is 6. The van der Waals surface area contributed by atoms with Crippen LogP contribution in [0.5, 0.6) is 5.75 Å². The summed E-state index contributed by atoms with van der Waals surface area (Å²) in [5, 5.41) is 6.30. The molecule has 0 saturated heterocycles. The number of nitrogens with two attached hydrogens (primary N) is 1. The van der Waals surface area contributed by atoms with Crippen LogP contribution in [0.4, 0.5) is 34.5 Å². The fourth-order valence-electron chi connectivity index (χ4n) is 3.91. The molecule has 0 fully saturated rings. The summed E-state index contributed by atoms with van der Waals surface area (Å²) in [7, 11) is 3.94. The maximum atomic E-state index is 12.3. The zero-order valence-electron chi connectivity index (χ0n) is 24.1. The second kappa shape index (κ2) is 13.8. The van der Waals surface area contributed by atoms with Gasteiger partial charge in [-0.1, -0.05) is 25.6 Å². The van der Waals surface area contributed by atoms with Gasteiger partial charge in [-0.3, -0.25) is 9.52 Å². The molecule has 5 N–H and O–H groups in total. The van der Waals surface area contributed by atoms with Crippen molar-refractivity contribution in [3.63, 3.8) is 0 Å². The number of amides is 1. The molecule has 0 atom stereocenters. The van der Waals surface area contributed by atoms with Gasteiger partial charge in [0.05, 0.1) is 29.9 Å². The number of rotatable bonds is 15. The Labute approximate surface area is 241 Å². The molecule has 0 bridgehead atoms. The summed E-state index contributed by atoms with van der Waals surface area (Å²) in [5.41, 5.74) is 8.46. The minimum absolute atomic E-state index is 0.0130. The van der Waals surface area contributed by atoms with Crippen molar-refractivity contribution in [1.82, 2.24) is 14.9 Å². The summed E-state index contributed by atoms with van der Waals surface area (Å²) < 4.78 is 33.0. The number of likely N-dealkylation sites (N-methyl/N-ethyl adjacent to an activating group) is 2. The third kappa shape index (κ3) is 8.56. The number of aromatic nitrogens is 2. The molecule has 1 aromatic heterocycles. The van der Waals surface area contributed by atoms with Crippen LogP contribution in [-0.4, -0.2) is 76.3 Å². The van der Waals surface area contributed by atoms with Crippen LogP contribution in [0.25, 0.3) is 5.57 Å². The van der Waals surface area contributed by atoms with Crippen molar-refractivity contribution in [2.75, 3.05) is 67.4 Å². The van der Waals surface area contributed by atoms with Gasteiger partial charge in [-0.25, -0.2) is 13.4 Å². The van der Waals surface area contributed by atoms with Gasteiger partial charge in [0.2, 0.25) is 21.9 Å². The molecule has 3 aromatic rings. The average Bonchev–Trinajstić information content (AvgIpc) is 2.92. The van der Waals surface area contributed by atoms with Crippen LogP contribution in [-0.2, 0) is 14.8 Å². The highest BCUT2D eigenvalue weighted by molar-refractivity contribution is 7.92. The maximum absolute atomic E-state index is 12.3. The van der Waals surface area contributed by atoms with E-state index in [0.29, 0.717) is 47.2 Å². The molecule has 0 aliphatic heterocycles. The molecule has 12 nitrogen and oxygen atoms in total. The van der Waals surface area contributed by atoms with E-state index in [4.69, 9.17) is 10.5 Å². The standard InChI is InChI=1S/C28H38N8O4S/c1-7-16-41(38,39)34-22-11-9-8-10-21(22)31-26-12-13-30-28(33-26)32-23-17-20(19(2)27(29)37)24(18-25(23)40-6)36(5)15-14-35(3)4/h8-13,17-18,34H,2,7,14-16H2,1,3-6H3,(H2,29,37)(H2,30,31,32,33). The molecule has 3 rings (SSSR count). The fraction of sp³-hybridized carbons (Fsp3) is 0.321. The van der Waals surface area contributed by atoms with Crippen molar-refractivity contribution in [2.24, 2.45) is 5.73 Å². The van der Waals surface area contributed by atoms with E-state index in [-0.39, 0.29) is 17.3 Å². The van der Waals surface area contributed by atoms with Gasteiger partial charge in [-0.05, 0) is 44.8 Å². The lowest BCUT2D eigenvalue weighted by Gasteiger charge is -2.26. The molecule has 0 spiro atoms. The van der Waals surface area contributed by atoms with Gasteiger partial charge < -0.3 is 30.9 Å². The number of methoxy groups -OCH3 is 1. The van der Waals surface area contributed by atoms with Crippen LogP contribution >= 0.6 is 0 Å². The zero-order chi connectivity index (χ0) is 30.2. The van der Waals surface area contributed by atoms with Crippen LogP contribution in [0.3, 0.4) is 0 Å². The number of primary amides is 1. The molecule has 2 aromatic carbocycles. The summed E-state index contributed by atoms with van der Waals surface area (Å²) in [6.45, 7) is 7.18. The Morgan fingerprint density at radius 2 is 1.76 bits per heavy atom. The lowest BCUT2D eigenvalue weighted by Crippen LogP contribution is -2.29. The fourth-order valence-corrected chi connectivity index (χ4v) is 5.06. The molecule has 1 heterocycles. The Morgan fingerprint density at radius 1 is 1.05 bits per heavy atom. The van der Waals surface area contributed by atoms with E-state index < -0.39 is 15.9 Å². The predicted octanol–water partition coefficient (Wildman–Crippen LogP) is 3.62. The first-order valence-electron chi connectivity index (χ1n) is 13.0. The quantitative estimate of drug-likeness (QED) is 0.195. The Morgan fingerprint density at radius 3 is 2.39 bits per heavy atom. The first-order chi connectivity index (χ1) is 19.4. The van der Waals surface area contributed by atoms with E-state index in [1.807, 2.05) is 32.1 Å². The van der Waals surface area contributed by atoms with Gasteiger partial charge >= 0.3 is 0 Å². The Kier molecular flexibility index (Phi) is 10.5. The number of carbonyl (C=O) groups is 1. The third-order valence-corrected chi connectivity index (χ3v) is 7.54. The molecule has 13 heteroatoms. The number of ether oxygens (including phenoxy) is 1. The number of nitrogens with one attached hydrogen (secondary N) is 3. The van der Waals surface area contributed by atoms with E-state index in [2.05, 4.69) is 36.8 Å². The van der Waals surface area contributed by atoms with E-state index in [9.17, 15) is 13.2 Å². The Bertz CT molecular complexity index is 1490. The zero-order valence-corrected chi connectivity index (χ0v) is 24.9. The van der Waals surface area contributed by atoms with E-state index in [1.54, 1.807) is 56.6 Å². The lowest BCUT2D eigenvalue weighted by atomic mass is 10.0. The van der Waals surface area contributed by atoms with Crippen molar-refractivity contribution in [2.45, 2.75) is 13.3 Å². The molecule has 41 heavy (non-hydrogen) atoms. The highest BCUT2D eigenvalue weighted by Crippen LogP contribution is 2.37. The number of hydrogen-bond donors (Lipinski definition) is 4. The average molecular weight is 583 g/mol. The van der Waals surface area contributed by atoms with Crippen LogP contribution < -0.4 is 30.7 Å². The first-order valence-corrected chi connectivity index (χ1v) is 14.6. The SMILES string of the molecule is C=C(C(N)=O)c1cc(Nc2nccc(Nc3ccccc3NS(=O)(=O)CCC)n2)c(OC)cc1N(C)CCN(C)C. The molecule has 0 aliphatic carbocycles. The molecule has 0 unspecified atom stereocenters. The van der Waals surface area contributed by atoms with Crippen LogP contribution in [0.1, 0.15) is 18.9 Å². The summed E-state index contributed by atoms with van der Waals surface area (Å²) in [4.78, 5) is 25.0. The number of benzene rings is 2. The van der Waals surface area contributed by atoms with Gasteiger partial charge in [0.1, 0.15) is 11.6 Å². The molecule has 0 saturated carbocycles. The normalized spacial score (nSPS) is 11.2. The van der Waals surface area contributed by atoms with Crippen LogP contribution in [0, 0.1) is 0 Å². The minimum Gasteiger partial charge on any atom is -0.494 e. The molecular formula is C28H38N8O4S. The van der Waals surface area contributed by atoms with Crippen LogP contribution in [0.15, 0.2) is 55.2 Å². The summed E-state index contributed by atoms with van der Waals surface area (Å²) >= 11 is 0. The monoisotopic (exact) mass is 582 g/mol. The van der Waals surface area contributed by atoms with E-state index >= 15 is 0 Å². The van der Waals surface area contributed by atoms with Crippen molar-refractivity contribution in [3.05, 3.63) is 60.8 Å². The van der Waals surface area contributed by atoms with Gasteiger partial charge in [-0.2, -0.15) is 4.98 Å². The van der Waals surface area contributed by atoms with E-state index in [1.165, 1.54) is 0 Å². The largest absolute Gasteiger partial charge is 0.494 e. The highest BCUT2D eigenvalue weighted by atomic mass is 32.2. The number of sulfonamides is 1. The molecule has 0 radical (unpaired) electrons. The molecular weight excluding hydrogens is 544 g/mol. The second-order valence-corrected chi connectivity index (χ2v) is 11.5. The summed E-state index contributed by atoms with van der Waals surface area (Å²) in [6.07, 6.45) is 2.05. The van der Waals surface area contributed by atoms with Crippen molar-refractivity contribution in [1.29, 1.82) is 0 Å². The minimum atomic E-state index is -3.49. The third-order valence-electron chi connectivity index (χ3n) is 6.06. The number of nitrogens with zero attached hydrogens (tertiary/aromatic N) is 4. The molecule has 1 amide bonds. The molecule has 220 valence electrons. The number of para-hydroxylation sites is 2. The smallest absolute Gasteiger partial charge is 0.248 e. The van der Waals surface area contributed by atoms with Crippen molar-refractivity contribution >= 4 is 56.0 Å². The van der Waals surface area contributed by atoms with Crippen molar-refractivity contribution in [3.8, 4) is 5.75 Å². The van der Waals surface area contributed by atoms with Gasteiger partial charge in [0.25, 0.3) is 0 Å². The summed E-state index contributed by atoms with van der Waals surface area (Å²) in [6, 6.07) is 12.1. The highest BCUT2D eigenvalue weighted by Gasteiger charge is 2.19. The topological polar surface area (TPSA) is 155 Å². The van der Waals surface area contributed by atoms with Gasteiger partial charge in [0, 0.05) is 49.2 Å². The lowest BCUT2D eigenvalue weighted by molar-refractivity contribution is -0.112. The predicted molar refractivity (Wildman–Crippen MR) is 166 cm³/mol. The number of carbonyl (C=O) groups excluding carboxylic acids is 1. The summed E-state index contributed by atoms with van der Waals surface area (Å²) in [5.74, 6) is 0.528. The van der Waals surface area contributed by atoms with E-state index in [0.717, 1.165) is 12.2 Å².